The van der Waals surface area contributed by atoms with E-state index in [9.17, 15) is 40.8 Å². The number of hydrogen-bond donors (Lipinski definition) is 4. The molecule has 2 unspecified atom stereocenters. The minimum absolute atomic E-state index is 0.00925. The lowest BCUT2D eigenvalue weighted by molar-refractivity contribution is -0.192. The molecule has 1 aliphatic rings. The maximum absolute atomic E-state index is 14.3. The summed E-state index contributed by atoms with van der Waals surface area (Å²) in [4.78, 5) is 69.9. The van der Waals surface area contributed by atoms with Gasteiger partial charge >= 0.3 is 18.3 Å². The van der Waals surface area contributed by atoms with E-state index in [1.54, 1.807) is 30.7 Å². The maximum Gasteiger partial charge on any atom is 0.508 e. The molecule has 0 spiro atoms. The highest BCUT2D eigenvalue weighted by Crippen LogP contribution is 2.30. The zero-order valence-corrected chi connectivity index (χ0v) is 38.9. The summed E-state index contributed by atoms with van der Waals surface area (Å²) in [5, 5.41) is 12.5. The fourth-order valence-corrected chi connectivity index (χ4v) is 10.0. The van der Waals surface area contributed by atoms with E-state index in [1.165, 1.54) is 11.3 Å². The zero-order chi connectivity index (χ0) is 46.8. The van der Waals surface area contributed by atoms with Gasteiger partial charge in [-0.05, 0) is 67.5 Å². The van der Waals surface area contributed by atoms with Crippen LogP contribution >= 0.6 is 22.1 Å². The van der Waals surface area contributed by atoms with Crippen molar-refractivity contribution in [2.24, 2.45) is 11.1 Å². The molecule has 3 rings (SSSR count). The van der Waals surface area contributed by atoms with Crippen molar-refractivity contribution in [2.75, 3.05) is 19.3 Å². The zero-order valence-electron chi connectivity index (χ0n) is 36.4. The molecule has 15 nitrogen and oxygen atoms in total. The predicted octanol–water partition coefficient (Wildman–Crippen LogP) is 6.96. The fourth-order valence-electron chi connectivity index (χ4n) is 6.34. The first-order valence-electron chi connectivity index (χ1n) is 20.5. The first-order chi connectivity index (χ1) is 28.8. The van der Waals surface area contributed by atoms with Crippen LogP contribution in [0.4, 0.5) is 18.0 Å². The number of nitrogens with one attached hydrogen (secondary N) is 2. The number of halogens is 3. The van der Waals surface area contributed by atoms with Crippen LogP contribution in [0.15, 0.2) is 29.8 Å². The van der Waals surface area contributed by atoms with Gasteiger partial charge < -0.3 is 35.8 Å². The van der Waals surface area contributed by atoms with Crippen LogP contribution in [0, 0.1) is 12.3 Å². The average Bonchev–Trinajstić information content (AvgIpc) is 3.80. The van der Waals surface area contributed by atoms with Crippen LogP contribution < -0.4 is 16.4 Å². The number of carboxylic acid groups (broad SMARTS) is 1. The molecule has 5 N–H and O–H groups in total. The van der Waals surface area contributed by atoms with Crippen molar-refractivity contribution in [1.82, 2.24) is 20.5 Å². The lowest BCUT2D eigenvalue weighted by atomic mass is 9.85. The van der Waals surface area contributed by atoms with E-state index in [0.717, 1.165) is 73.0 Å². The summed E-state index contributed by atoms with van der Waals surface area (Å²) in [7, 11) is -2.70. The number of aryl methyl sites for hydroxylation is 1. The summed E-state index contributed by atoms with van der Waals surface area (Å²) in [5.41, 5.74) is 9.49. The number of aromatic nitrogens is 1. The molecule has 62 heavy (non-hydrogen) atoms. The molecule has 21 heteroatoms. The number of benzene rings is 1. The number of hydrogen-bond acceptors (Lipinski definition) is 13. The molecular formula is C41H62F3N5O10S3. The van der Waals surface area contributed by atoms with Gasteiger partial charge in [-0.25, -0.2) is 23.0 Å². The van der Waals surface area contributed by atoms with Gasteiger partial charge in [0.05, 0.1) is 27.9 Å². The van der Waals surface area contributed by atoms with Gasteiger partial charge in [0.1, 0.15) is 24.3 Å². The van der Waals surface area contributed by atoms with Crippen molar-refractivity contribution in [3.8, 4) is 10.4 Å². The number of alkyl halides is 3. The molecular weight excluding hydrogens is 876 g/mol. The van der Waals surface area contributed by atoms with Crippen molar-refractivity contribution in [2.45, 2.75) is 148 Å². The van der Waals surface area contributed by atoms with Gasteiger partial charge in [-0.15, -0.1) is 11.3 Å². The van der Waals surface area contributed by atoms with Crippen molar-refractivity contribution in [3.63, 3.8) is 0 Å². The molecule has 1 fully saturated rings. The highest BCUT2D eigenvalue weighted by atomic mass is 33.1. The molecule has 5 atom stereocenters. The Morgan fingerprint density at radius 3 is 2.06 bits per heavy atom. The smallest absolute Gasteiger partial charge is 0.475 e. The molecule has 1 aliphatic heterocycles. The number of nitrogens with zero attached hydrogens (tertiary/aromatic N) is 2. The molecule has 3 amide bonds. The average molecular weight is 938 g/mol. The fraction of sp³-hybridized carbons (Fsp3) is 0.659. The molecule has 1 aromatic heterocycles. The quantitative estimate of drug-likeness (QED) is 0.0565. The number of aliphatic carboxylic acids is 1. The van der Waals surface area contributed by atoms with E-state index in [-0.39, 0.29) is 31.8 Å². The van der Waals surface area contributed by atoms with Crippen LogP contribution in [0.3, 0.4) is 0 Å². The Kier molecular flexibility index (Phi) is 22.2. The predicted molar refractivity (Wildman–Crippen MR) is 233 cm³/mol. The van der Waals surface area contributed by atoms with E-state index in [0.29, 0.717) is 17.2 Å². The normalized spacial score (nSPS) is 16.9. The van der Waals surface area contributed by atoms with Gasteiger partial charge in [-0.3, -0.25) is 14.4 Å². The van der Waals surface area contributed by atoms with Crippen LogP contribution in [0.5, 0.6) is 0 Å². The minimum atomic E-state index is -5.08. The molecule has 1 saturated heterocycles. The van der Waals surface area contributed by atoms with Gasteiger partial charge in [0.2, 0.25) is 17.7 Å². The number of rotatable bonds is 21. The van der Waals surface area contributed by atoms with E-state index in [2.05, 4.69) is 15.6 Å². The number of amides is 3. The van der Waals surface area contributed by atoms with Crippen LogP contribution in [0.1, 0.15) is 110 Å². The second kappa shape index (κ2) is 25.4. The van der Waals surface area contributed by atoms with Crippen LogP contribution in [-0.2, 0) is 44.1 Å². The Bertz CT molecular complexity index is 1870. The van der Waals surface area contributed by atoms with Gasteiger partial charge in [0.25, 0.3) is 0 Å². The SMILES string of the molecule is Cc1ncsc1-c1ccc(CNC(=O)[C@@H]2C[C@@H](OC(=O)OC(C)C(C)SS(C)(=O)=O)CN2C(=O)[C@@H](NC(=O)CCCCCCCCCCN)C(C)(C)C)cc1.O=C(O)C(F)(F)F. The molecule has 0 radical (unpaired) electrons. The van der Waals surface area contributed by atoms with Crippen LogP contribution in [0.25, 0.3) is 10.4 Å². The summed E-state index contributed by atoms with van der Waals surface area (Å²) >= 11 is 1.56. The largest absolute Gasteiger partial charge is 0.508 e. The number of carboxylic acids is 1. The number of carbonyl (C=O) groups excluding carboxylic acids is 4. The van der Waals surface area contributed by atoms with Crippen LogP contribution in [-0.4, -0.2) is 108 Å². The summed E-state index contributed by atoms with van der Waals surface area (Å²) in [6.07, 6.45) is 1.86. The van der Waals surface area contributed by atoms with E-state index < -0.39 is 73.9 Å². The van der Waals surface area contributed by atoms with E-state index >= 15 is 0 Å². The first kappa shape index (κ1) is 54.2. The number of unbranched alkanes of at least 4 members (excludes halogenated alkanes) is 7. The Hall–Kier alpha value is -3.95. The lowest BCUT2D eigenvalue weighted by Gasteiger charge is -2.35. The van der Waals surface area contributed by atoms with Gasteiger partial charge in [0.15, 0.2) is 8.87 Å². The van der Waals surface area contributed by atoms with E-state index in [1.807, 2.05) is 52.0 Å². The number of carbonyl (C=O) groups is 5. The third-order valence-electron chi connectivity index (χ3n) is 9.83. The molecule has 2 heterocycles. The molecule has 0 aliphatic carbocycles. The second-order valence-electron chi connectivity index (χ2n) is 16.3. The molecule has 0 bridgehead atoms. The number of thiazole rings is 1. The number of ether oxygens (including phenoxy) is 2. The van der Waals surface area contributed by atoms with Crippen LogP contribution in [0.2, 0.25) is 0 Å². The van der Waals surface area contributed by atoms with Gasteiger partial charge in [-0.1, -0.05) is 83.6 Å². The van der Waals surface area contributed by atoms with E-state index in [4.69, 9.17) is 25.1 Å². The summed E-state index contributed by atoms with van der Waals surface area (Å²) in [5.74, 6) is -3.87. The standard InChI is InChI=1S/C39H61N5O8S3.C2HF3O2/c1-26-34(53-25-42-26)30-19-17-29(18-20-30)23-41-36(46)32-22-31(52-38(48)51-27(2)28(3)54-55(7,49)50)24-44(32)37(47)35(39(4,5)6)43-33(45)16-14-12-10-8-9-11-13-15-21-40;3-2(4,5)1(6)7/h17-20,25,27-28,31-32,35H,8-16,21-24,40H2,1-7H3,(H,41,46)(H,43,45);(H,6,7)/t27?,28?,31-,32+,35-;/m1./s1. The molecule has 1 aromatic carbocycles. The van der Waals surface area contributed by atoms with Crippen molar-refractivity contribution in [1.29, 1.82) is 0 Å². The highest BCUT2D eigenvalue weighted by Gasteiger charge is 2.46. The Labute approximate surface area is 370 Å². The summed E-state index contributed by atoms with van der Waals surface area (Å²) in [6.45, 7) is 11.5. The topological polar surface area (TPSA) is 224 Å². The van der Waals surface area contributed by atoms with Gasteiger partial charge in [-0.2, -0.15) is 13.2 Å². The first-order valence-corrected chi connectivity index (χ1v) is 24.6. The molecule has 0 saturated carbocycles. The third-order valence-corrected chi connectivity index (χ3v) is 13.8. The van der Waals surface area contributed by atoms with Crippen molar-refractivity contribution in [3.05, 3.63) is 41.0 Å². The molecule has 350 valence electrons. The Morgan fingerprint density at radius 1 is 1.00 bits per heavy atom. The summed E-state index contributed by atoms with van der Waals surface area (Å²) < 4.78 is 66.2. The van der Waals surface area contributed by atoms with Crippen molar-refractivity contribution >= 4 is 60.8 Å². The summed E-state index contributed by atoms with van der Waals surface area (Å²) in [6, 6.07) is 5.86. The Balaban J connectivity index is 0.00000173. The van der Waals surface area contributed by atoms with Crippen molar-refractivity contribution < 1.29 is 60.1 Å². The monoisotopic (exact) mass is 937 g/mol. The number of likely N-dealkylation sites (tertiary alicyclic amines) is 1. The lowest BCUT2D eigenvalue weighted by Crippen LogP contribution is -2.57. The second-order valence-corrected chi connectivity index (χ2v) is 21.9. The maximum atomic E-state index is 14.3. The Morgan fingerprint density at radius 2 is 1.56 bits per heavy atom. The number of nitrogens with two attached hydrogens (primary N) is 1. The third kappa shape index (κ3) is 19.6. The minimum Gasteiger partial charge on any atom is -0.475 e. The highest BCUT2D eigenvalue weighted by molar-refractivity contribution is 8.72. The molecule has 2 aromatic rings. The van der Waals surface area contributed by atoms with Gasteiger partial charge in [0, 0.05) is 25.6 Å².